The molecule has 0 bridgehead atoms. The fourth-order valence-corrected chi connectivity index (χ4v) is 2.65. The van der Waals surface area contributed by atoms with Crippen LogP contribution in [-0.2, 0) is 4.79 Å². The first-order chi connectivity index (χ1) is 9.77. The van der Waals surface area contributed by atoms with Crippen LogP contribution >= 0.6 is 0 Å². The quantitative estimate of drug-likeness (QED) is 0.325. The molecule has 0 aliphatic carbocycles. The van der Waals surface area contributed by atoms with Gasteiger partial charge >= 0.3 is 81.4 Å². The van der Waals surface area contributed by atoms with Gasteiger partial charge in [0.25, 0.3) is 0 Å². The third-order valence-corrected chi connectivity index (χ3v) is 3.99. The van der Waals surface area contributed by atoms with Crippen molar-refractivity contribution in [2.24, 2.45) is 0 Å². The molecule has 0 spiro atoms. The molecule has 0 rings (SSSR count). The Kier molecular flexibility index (Phi) is 40.7. The number of hydrogen-bond acceptors (Lipinski definition) is 1. The third-order valence-electron chi connectivity index (χ3n) is 3.99. The van der Waals surface area contributed by atoms with Gasteiger partial charge in [0.15, 0.2) is 0 Å². The topological polar surface area (TPSA) is 68.8 Å². The molecule has 0 aromatic heterocycles. The summed E-state index contributed by atoms with van der Waals surface area (Å²) in [5.74, 6) is -0.653. The number of hydrogen-bond donors (Lipinski definition) is 1. The zero-order valence-electron chi connectivity index (χ0n) is 14.2. The van der Waals surface area contributed by atoms with Gasteiger partial charge in [-0.25, -0.2) is 0 Å². The van der Waals surface area contributed by atoms with Gasteiger partial charge in [-0.05, 0) is 6.42 Å². The molecular weight excluding hydrogens is 344 g/mol. The Morgan fingerprint density at radius 2 is 0.870 bits per heavy atom. The maximum atomic E-state index is 10.3. The van der Waals surface area contributed by atoms with Gasteiger partial charge in [-0.15, -0.1) is 0 Å². The second kappa shape index (κ2) is 28.7. The molecule has 3 N–H and O–H groups in total. The molecule has 0 aliphatic rings. The minimum atomic E-state index is -0.653. The van der Waals surface area contributed by atoms with Crippen molar-refractivity contribution in [2.75, 3.05) is 0 Å². The second-order valence-corrected chi connectivity index (χ2v) is 6.09. The van der Waals surface area contributed by atoms with Crippen LogP contribution in [0.2, 0.25) is 0 Å². The molecule has 0 unspecified atom stereocenters. The number of rotatable bonds is 16. The summed E-state index contributed by atoms with van der Waals surface area (Å²) in [7, 11) is 0. The summed E-state index contributed by atoms with van der Waals surface area (Å²) in [4.78, 5) is 10.3. The van der Waals surface area contributed by atoms with Gasteiger partial charge in [0.2, 0.25) is 0 Å². The van der Waals surface area contributed by atoms with Gasteiger partial charge in [0.05, 0.1) is 0 Å². The molecular formula is C18H42Ca2O3. The Bertz CT molecular complexity index is 214. The molecule has 136 valence electrons. The molecule has 0 heterocycles. The van der Waals surface area contributed by atoms with Crippen LogP contribution in [0.1, 0.15) is 110 Å². The van der Waals surface area contributed by atoms with Gasteiger partial charge < -0.3 is 10.6 Å². The van der Waals surface area contributed by atoms with Gasteiger partial charge in [-0.3, -0.25) is 4.79 Å². The van der Waals surface area contributed by atoms with E-state index in [-0.39, 0.29) is 81.0 Å². The van der Waals surface area contributed by atoms with Gasteiger partial charge in [-0.2, -0.15) is 0 Å². The SMILES string of the molecule is CCCCCCCCCCCCCCCCCC(=O)O.O.[CaH2].[CaH2]. The van der Waals surface area contributed by atoms with Crippen LogP contribution in [0, 0.1) is 0 Å². The fraction of sp³-hybridized carbons (Fsp3) is 0.944. The Labute approximate surface area is 204 Å². The van der Waals surface area contributed by atoms with E-state index >= 15 is 0 Å². The van der Waals surface area contributed by atoms with Crippen LogP contribution in [0.3, 0.4) is 0 Å². The van der Waals surface area contributed by atoms with Crippen molar-refractivity contribution in [3.63, 3.8) is 0 Å². The number of aliphatic carboxylic acids is 1. The molecule has 0 fully saturated rings. The van der Waals surface area contributed by atoms with Crippen LogP contribution < -0.4 is 0 Å². The summed E-state index contributed by atoms with van der Waals surface area (Å²) in [6.07, 6.45) is 20.2. The average molecular weight is 387 g/mol. The van der Waals surface area contributed by atoms with E-state index in [2.05, 4.69) is 6.92 Å². The monoisotopic (exact) mass is 386 g/mol. The van der Waals surface area contributed by atoms with Crippen molar-refractivity contribution >= 4 is 81.4 Å². The van der Waals surface area contributed by atoms with Crippen LogP contribution in [0.5, 0.6) is 0 Å². The van der Waals surface area contributed by atoms with Crippen molar-refractivity contribution in [1.82, 2.24) is 0 Å². The van der Waals surface area contributed by atoms with Crippen molar-refractivity contribution in [2.45, 2.75) is 110 Å². The first-order valence-corrected chi connectivity index (χ1v) is 8.99. The van der Waals surface area contributed by atoms with E-state index in [1.807, 2.05) is 0 Å². The summed E-state index contributed by atoms with van der Waals surface area (Å²) < 4.78 is 0. The molecule has 0 radical (unpaired) electrons. The normalized spacial score (nSPS) is 9.43. The van der Waals surface area contributed by atoms with Gasteiger partial charge in [-0.1, -0.05) is 96.8 Å². The van der Waals surface area contributed by atoms with Crippen molar-refractivity contribution in [3.8, 4) is 0 Å². The molecule has 0 aliphatic heterocycles. The first-order valence-electron chi connectivity index (χ1n) is 8.99. The first kappa shape index (κ1) is 32.6. The molecule has 3 nitrogen and oxygen atoms in total. The van der Waals surface area contributed by atoms with E-state index in [4.69, 9.17) is 5.11 Å². The van der Waals surface area contributed by atoms with Crippen molar-refractivity contribution in [3.05, 3.63) is 0 Å². The van der Waals surface area contributed by atoms with Crippen LogP contribution in [-0.4, -0.2) is 92.0 Å². The van der Waals surface area contributed by atoms with E-state index in [1.54, 1.807) is 0 Å². The summed E-state index contributed by atoms with van der Waals surface area (Å²) in [6, 6.07) is 0. The van der Waals surface area contributed by atoms with Crippen LogP contribution in [0.4, 0.5) is 0 Å². The standard InChI is InChI=1S/C18H36O2.2Ca.H2O.4H/c1-2-3-4-5-6-7-8-9-10-11-12-13-14-15-16-17-18(19)20;;;;;;;/h2-17H2,1H3,(H,19,20);;;1H2;;;;. The van der Waals surface area contributed by atoms with Crippen molar-refractivity contribution < 1.29 is 15.4 Å². The second-order valence-electron chi connectivity index (χ2n) is 6.09. The van der Waals surface area contributed by atoms with Crippen LogP contribution in [0.25, 0.3) is 0 Å². The Morgan fingerprint density at radius 1 is 0.609 bits per heavy atom. The third kappa shape index (κ3) is 32.1. The molecule has 0 atom stereocenters. The predicted molar refractivity (Wildman–Crippen MR) is 108 cm³/mol. The van der Waals surface area contributed by atoms with E-state index < -0.39 is 5.97 Å². The molecule has 23 heavy (non-hydrogen) atoms. The molecule has 0 saturated heterocycles. The summed E-state index contributed by atoms with van der Waals surface area (Å²) >= 11 is 0. The number of unbranched alkanes of at least 4 members (excludes halogenated alkanes) is 14. The van der Waals surface area contributed by atoms with E-state index in [0.29, 0.717) is 6.42 Å². The minimum absolute atomic E-state index is 0. The maximum absolute atomic E-state index is 10.3. The molecule has 0 aromatic carbocycles. The van der Waals surface area contributed by atoms with E-state index in [1.165, 1.54) is 83.5 Å². The summed E-state index contributed by atoms with van der Waals surface area (Å²) in [6.45, 7) is 2.27. The Morgan fingerprint density at radius 3 is 1.13 bits per heavy atom. The number of carbonyl (C=O) groups is 1. The zero-order chi connectivity index (χ0) is 14.9. The van der Waals surface area contributed by atoms with Crippen molar-refractivity contribution in [1.29, 1.82) is 0 Å². The Hall–Kier alpha value is 1.95. The zero-order valence-corrected chi connectivity index (χ0v) is 14.2. The number of carboxylic acids is 1. The average Bonchev–Trinajstić information content (AvgIpc) is 2.43. The molecule has 5 heteroatoms. The Balaban J connectivity index is -0.000000602. The summed E-state index contributed by atoms with van der Waals surface area (Å²) in [5.41, 5.74) is 0. The molecule has 0 aromatic rings. The van der Waals surface area contributed by atoms with Gasteiger partial charge in [0.1, 0.15) is 0 Å². The van der Waals surface area contributed by atoms with E-state index in [0.717, 1.165) is 12.8 Å². The number of carboxylic acid groups (broad SMARTS) is 1. The predicted octanol–water partition coefficient (Wildman–Crippen LogP) is 3.68. The van der Waals surface area contributed by atoms with E-state index in [9.17, 15) is 4.79 Å². The molecule has 0 saturated carbocycles. The fourth-order valence-electron chi connectivity index (χ4n) is 2.65. The van der Waals surface area contributed by atoms with Crippen LogP contribution in [0.15, 0.2) is 0 Å². The summed E-state index contributed by atoms with van der Waals surface area (Å²) in [5, 5.41) is 8.52. The van der Waals surface area contributed by atoms with Gasteiger partial charge in [0, 0.05) is 6.42 Å². The molecule has 0 amide bonds.